The van der Waals surface area contributed by atoms with Gasteiger partial charge in [0.05, 0.1) is 5.25 Å². The second kappa shape index (κ2) is 7.34. The highest BCUT2D eigenvalue weighted by Gasteiger charge is 2.21. The van der Waals surface area contributed by atoms with Gasteiger partial charge < -0.3 is 5.32 Å². The summed E-state index contributed by atoms with van der Waals surface area (Å²) in [6, 6.07) is 7.73. The first-order chi connectivity index (χ1) is 9.15. The molecule has 1 saturated carbocycles. The van der Waals surface area contributed by atoms with Gasteiger partial charge in [0.15, 0.2) is 0 Å². The van der Waals surface area contributed by atoms with E-state index in [0.717, 1.165) is 10.2 Å². The largest absolute Gasteiger partial charge is 0.325 e. The van der Waals surface area contributed by atoms with Crippen LogP contribution in [0.3, 0.4) is 0 Å². The van der Waals surface area contributed by atoms with Crippen molar-refractivity contribution in [1.29, 1.82) is 0 Å². The maximum atomic E-state index is 12.2. The Morgan fingerprint density at radius 2 is 2.11 bits per heavy atom. The van der Waals surface area contributed by atoms with E-state index in [0.29, 0.717) is 5.25 Å². The highest BCUT2D eigenvalue weighted by molar-refractivity contribution is 9.10. The molecule has 1 aromatic rings. The van der Waals surface area contributed by atoms with Crippen LogP contribution < -0.4 is 5.32 Å². The van der Waals surface area contributed by atoms with Crippen molar-refractivity contribution in [2.45, 2.75) is 49.5 Å². The van der Waals surface area contributed by atoms with E-state index < -0.39 is 0 Å². The molecule has 0 bridgehead atoms. The number of hydrogen-bond donors (Lipinski definition) is 1. The van der Waals surface area contributed by atoms with E-state index in [2.05, 4.69) is 21.2 Å². The van der Waals surface area contributed by atoms with Gasteiger partial charge in [-0.15, -0.1) is 11.8 Å². The summed E-state index contributed by atoms with van der Waals surface area (Å²) in [4.78, 5) is 12.2. The number of carbonyl (C=O) groups is 1. The van der Waals surface area contributed by atoms with Gasteiger partial charge in [0.1, 0.15) is 0 Å². The Morgan fingerprint density at radius 3 is 2.79 bits per heavy atom. The van der Waals surface area contributed by atoms with Crippen LogP contribution in [0.5, 0.6) is 0 Å². The second-order valence-corrected chi connectivity index (χ2v) is 7.60. The van der Waals surface area contributed by atoms with E-state index in [1.807, 2.05) is 43.0 Å². The van der Waals surface area contributed by atoms with Crippen LogP contribution in [0, 0.1) is 0 Å². The second-order valence-electron chi connectivity index (χ2n) is 5.04. The SMILES string of the molecule is CC(SC1CCCCC1)C(=O)Nc1cccc(Br)c1. The van der Waals surface area contributed by atoms with Gasteiger partial charge in [0.2, 0.25) is 5.91 Å². The maximum Gasteiger partial charge on any atom is 0.237 e. The van der Waals surface area contributed by atoms with Crippen molar-refractivity contribution in [3.05, 3.63) is 28.7 Å². The molecule has 104 valence electrons. The summed E-state index contributed by atoms with van der Waals surface area (Å²) < 4.78 is 0.984. The number of anilines is 1. The quantitative estimate of drug-likeness (QED) is 0.848. The highest BCUT2D eigenvalue weighted by atomic mass is 79.9. The minimum Gasteiger partial charge on any atom is -0.325 e. The van der Waals surface area contributed by atoms with E-state index in [1.165, 1.54) is 32.1 Å². The molecule has 0 saturated heterocycles. The summed E-state index contributed by atoms with van der Waals surface area (Å²) in [6.45, 7) is 2.01. The van der Waals surface area contributed by atoms with Crippen molar-refractivity contribution < 1.29 is 4.79 Å². The van der Waals surface area contributed by atoms with E-state index >= 15 is 0 Å². The van der Waals surface area contributed by atoms with Crippen molar-refractivity contribution in [3.8, 4) is 0 Å². The average Bonchev–Trinajstić information content (AvgIpc) is 2.40. The van der Waals surface area contributed by atoms with Gasteiger partial charge in [0.25, 0.3) is 0 Å². The van der Waals surface area contributed by atoms with Crippen LogP contribution in [-0.4, -0.2) is 16.4 Å². The molecule has 4 heteroatoms. The van der Waals surface area contributed by atoms with E-state index in [1.54, 1.807) is 0 Å². The summed E-state index contributed by atoms with van der Waals surface area (Å²) in [7, 11) is 0. The van der Waals surface area contributed by atoms with Crippen LogP contribution in [0.25, 0.3) is 0 Å². The van der Waals surface area contributed by atoms with Crippen molar-refractivity contribution in [2.24, 2.45) is 0 Å². The van der Waals surface area contributed by atoms with Gasteiger partial charge in [-0.25, -0.2) is 0 Å². The summed E-state index contributed by atoms with van der Waals surface area (Å²) in [5.41, 5.74) is 0.857. The van der Waals surface area contributed by atoms with Crippen LogP contribution in [0.15, 0.2) is 28.7 Å². The third kappa shape index (κ3) is 4.84. The number of thioether (sulfide) groups is 1. The molecule has 0 radical (unpaired) electrons. The van der Waals surface area contributed by atoms with E-state index in [4.69, 9.17) is 0 Å². The Hall–Kier alpha value is -0.480. The lowest BCUT2D eigenvalue weighted by molar-refractivity contribution is -0.115. The van der Waals surface area contributed by atoms with Gasteiger partial charge in [-0.1, -0.05) is 41.3 Å². The first kappa shape index (κ1) is 14.9. The third-order valence-corrected chi connectivity index (χ3v) is 5.38. The lowest BCUT2D eigenvalue weighted by atomic mass is 10.0. The standard InChI is InChI=1S/C15H20BrNOS/c1-11(19-14-8-3-2-4-9-14)15(18)17-13-7-5-6-12(16)10-13/h5-7,10-11,14H,2-4,8-9H2,1H3,(H,17,18). The molecule has 1 atom stereocenters. The zero-order chi connectivity index (χ0) is 13.7. The lowest BCUT2D eigenvalue weighted by Crippen LogP contribution is -2.25. The Balaban J connectivity index is 1.84. The first-order valence-corrected chi connectivity index (χ1v) is 8.60. The molecule has 0 spiro atoms. The number of amides is 1. The fraction of sp³-hybridized carbons (Fsp3) is 0.533. The van der Waals surface area contributed by atoms with Crippen molar-refractivity contribution in [1.82, 2.24) is 0 Å². The molecule has 1 aliphatic carbocycles. The molecule has 1 aliphatic rings. The molecular formula is C15H20BrNOS. The topological polar surface area (TPSA) is 29.1 Å². The predicted molar refractivity (Wildman–Crippen MR) is 86.7 cm³/mol. The molecule has 2 rings (SSSR count). The minimum absolute atomic E-state index is 0.0158. The molecule has 0 heterocycles. The number of nitrogens with one attached hydrogen (secondary N) is 1. The van der Waals surface area contributed by atoms with Crippen LogP contribution in [0.2, 0.25) is 0 Å². The smallest absolute Gasteiger partial charge is 0.237 e. The van der Waals surface area contributed by atoms with Crippen LogP contribution >= 0.6 is 27.7 Å². The fourth-order valence-corrected chi connectivity index (χ4v) is 4.13. The zero-order valence-electron chi connectivity index (χ0n) is 11.2. The van der Waals surface area contributed by atoms with Crippen LogP contribution in [0.4, 0.5) is 5.69 Å². The molecule has 1 fully saturated rings. The normalized spacial score (nSPS) is 18.0. The molecule has 1 aromatic carbocycles. The molecule has 1 N–H and O–H groups in total. The predicted octanol–water partition coefficient (Wildman–Crippen LogP) is 4.84. The average molecular weight is 342 g/mol. The number of benzene rings is 1. The van der Waals surface area contributed by atoms with E-state index in [-0.39, 0.29) is 11.2 Å². The van der Waals surface area contributed by atoms with E-state index in [9.17, 15) is 4.79 Å². The third-order valence-electron chi connectivity index (χ3n) is 3.41. The summed E-state index contributed by atoms with van der Waals surface area (Å²) in [5, 5.41) is 3.66. The fourth-order valence-electron chi connectivity index (χ4n) is 2.36. The Morgan fingerprint density at radius 1 is 1.37 bits per heavy atom. The van der Waals surface area contributed by atoms with Crippen LogP contribution in [-0.2, 0) is 4.79 Å². The molecule has 19 heavy (non-hydrogen) atoms. The van der Waals surface area contributed by atoms with Crippen molar-refractivity contribution >= 4 is 39.3 Å². The Bertz CT molecular complexity index is 432. The van der Waals surface area contributed by atoms with Gasteiger partial charge in [-0.05, 0) is 38.0 Å². The lowest BCUT2D eigenvalue weighted by Gasteiger charge is -2.23. The monoisotopic (exact) mass is 341 g/mol. The van der Waals surface area contributed by atoms with Gasteiger partial charge >= 0.3 is 0 Å². The molecule has 1 amide bonds. The molecular weight excluding hydrogens is 322 g/mol. The molecule has 0 aliphatic heterocycles. The zero-order valence-corrected chi connectivity index (χ0v) is 13.6. The first-order valence-electron chi connectivity index (χ1n) is 6.87. The van der Waals surface area contributed by atoms with Gasteiger partial charge in [0, 0.05) is 15.4 Å². The number of carbonyl (C=O) groups excluding carboxylic acids is 1. The Kier molecular flexibility index (Phi) is 5.76. The number of halogens is 1. The molecule has 2 nitrogen and oxygen atoms in total. The van der Waals surface area contributed by atoms with Crippen molar-refractivity contribution in [2.75, 3.05) is 5.32 Å². The van der Waals surface area contributed by atoms with Gasteiger partial charge in [-0.2, -0.15) is 0 Å². The maximum absolute atomic E-state index is 12.2. The molecule has 0 aromatic heterocycles. The summed E-state index contributed by atoms with van der Waals surface area (Å²) in [6.07, 6.45) is 6.52. The van der Waals surface area contributed by atoms with Crippen LogP contribution in [0.1, 0.15) is 39.0 Å². The molecule has 1 unspecified atom stereocenters. The summed E-state index contributed by atoms with van der Waals surface area (Å²) in [5.74, 6) is 0.105. The van der Waals surface area contributed by atoms with Crippen molar-refractivity contribution in [3.63, 3.8) is 0 Å². The van der Waals surface area contributed by atoms with Gasteiger partial charge in [-0.3, -0.25) is 4.79 Å². The highest BCUT2D eigenvalue weighted by Crippen LogP contribution is 2.31. The Labute approximate surface area is 127 Å². The number of rotatable bonds is 4. The minimum atomic E-state index is 0.0158. The number of hydrogen-bond acceptors (Lipinski definition) is 2. The summed E-state index contributed by atoms with van der Waals surface area (Å²) >= 11 is 5.24.